The fourth-order valence-corrected chi connectivity index (χ4v) is 3.41. The third kappa shape index (κ3) is 3.58. The first-order valence-corrected chi connectivity index (χ1v) is 8.25. The Morgan fingerprint density at radius 3 is 2.57 bits per heavy atom. The molecule has 0 fully saturated rings. The second kappa shape index (κ2) is 6.08. The van der Waals surface area contributed by atoms with E-state index in [1.165, 1.54) is 0 Å². The van der Waals surface area contributed by atoms with E-state index in [4.69, 9.17) is 5.73 Å². The van der Waals surface area contributed by atoms with Gasteiger partial charge in [-0.15, -0.1) is 0 Å². The predicted octanol–water partition coefficient (Wildman–Crippen LogP) is 2.60. The maximum absolute atomic E-state index is 13.9. The lowest BCUT2D eigenvalue weighted by atomic mass is 10.1. The first-order valence-electron chi connectivity index (χ1n) is 5.98. The molecule has 1 aromatic carbocycles. The van der Waals surface area contributed by atoms with Crippen LogP contribution in [0.3, 0.4) is 0 Å². The number of nitrogens with two attached hydrogens (primary N) is 1. The molecule has 1 atom stereocenters. The average molecular weight is 374 g/mol. The van der Waals surface area contributed by atoms with Gasteiger partial charge in [-0.05, 0) is 52.7 Å². The Balaban J connectivity index is 2.33. The summed E-state index contributed by atoms with van der Waals surface area (Å²) in [4.78, 5) is 3.38. The quantitative estimate of drug-likeness (QED) is 0.806. The number of hydrogen-bond acceptors (Lipinski definition) is 4. The van der Waals surface area contributed by atoms with Crippen molar-refractivity contribution in [1.29, 1.82) is 0 Å². The summed E-state index contributed by atoms with van der Waals surface area (Å²) in [6.45, 7) is 1.66. The summed E-state index contributed by atoms with van der Waals surface area (Å²) in [5.74, 6) is -0.870. The summed E-state index contributed by atoms with van der Waals surface area (Å²) in [6, 6.07) is 4.95. The Hall–Kier alpha value is -1.51. The Kier molecular flexibility index (Phi) is 4.60. The van der Waals surface area contributed by atoms with E-state index in [1.54, 1.807) is 31.5 Å². The first-order chi connectivity index (χ1) is 9.81. The largest absolute Gasteiger partial charge is 0.398 e. The molecule has 3 N–H and O–H groups in total. The zero-order chi connectivity index (χ0) is 15.6. The summed E-state index contributed by atoms with van der Waals surface area (Å²) in [6.07, 6.45) is 3.11. The standard InChI is InChI=1S/C13H13BrFN3O2S/c1-8(9-2-4-17-5-3-9)18-21(19,20)13-7-12(16)10(14)6-11(13)15/h2-8,18H,16H2,1H3. The average Bonchev–Trinajstić information content (AvgIpc) is 2.43. The van der Waals surface area contributed by atoms with E-state index in [-0.39, 0.29) is 5.69 Å². The molecular weight excluding hydrogens is 361 g/mol. The highest BCUT2D eigenvalue weighted by atomic mass is 79.9. The second-order valence-corrected chi connectivity index (χ2v) is 6.96. The van der Waals surface area contributed by atoms with Crippen LogP contribution in [0.5, 0.6) is 0 Å². The van der Waals surface area contributed by atoms with Crippen LogP contribution in [-0.4, -0.2) is 13.4 Å². The molecule has 8 heteroatoms. The van der Waals surface area contributed by atoms with Gasteiger partial charge in [0.2, 0.25) is 10.0 Å². The molecule has 2 rings (SSSR count). The fourth-order valence-electron chi connectivity index (χ4n) is 1.77. The van der Waals surface area contributed by atoms with E-state index >= 15 is 0 Å². The normalized spacial score (nSPS) is 13.1. The van der Waals surface area contributed by atoms with Crippen molar-refractivity contribution in [2.75, 3.05) is 5.73 Å². The number of aromatic nitrogens is 1. The van der Waals surface area contributed by atoms with Crippen LogP contribution in [-0.2, 0) is 10.0 Å². The maximum Gasteiger partial charge on any atom is 0.244 e. The number of sulfonamides is 1. The van der Waals surface area contributed by atoms with Crippen LogP contribution >= 0.6 is 15.9 Å². The van der Waals surface area contributed by atoms with Crippen LogP contribution in [0.25, 0.3) is 0 Å². The maximum atomic E-state index is 13.9. The molecule has 5 nitrogen and oxygen atoms in total. The van der Waals surface area contributed by atoms with Crippen molar-refractivity contribution in [2.24, 2.45) is 0 Å². The molecule has 0 bridgehead atoms. The number of anilines is 1. The van der Waals surface area contributed by atoms with Crippen LogP contribution in [0, 0.1) is 5.82 Å². The Morgan fingerprint density at radius 1 is 1.33 bits per heavy atom. The van der Waals surface area contributed by atoms with Gasteiger partial charge < -0.3 is 5.73 Å². The number of nitrogens with zero attached hydrogens (tertiary/aromatic N) is 1. The molecule has 21 heavy (non-hydrogen) atoms. The molecule has 1 aromatic heterocycles. The summed E-state index contributed by atoms with van der Waals surface area (Å²) >= 11 is 3.05. The van der Waals surface area contributed by atoms with Gasteiger partial charge in [0, 0.05) is 28.6 Å². The summed E-state index contributed by atoms with van der Waals surface area (Å²) in [5, 5.41) is 0. The topological polar surface area (TPSA) is 85.1 Å². The van der Waals surface area contributed by atoms with E-state index in [1.807, 2.05) is 0 Å². The van der Waals surface area contributed by atoms with Gasteiger partial charge >= 0.3 is 0 Å². The van der Waals surface area contributed by atoms with Crippen molar-refractivity contribution in [3.8, 4) is 0 Å². The van der Waals surface area contributed by atoms with Crippen molar-refractivity contribution in [3.05, 3.63) is 52.5 Å². The molecule has 0 saturated carbocycles. The molecule has 0 radical (unpaired) electrons. The van der Waals surface area contributed by atoms with E-state index in [2.05, 4.69) is 25.6 Å². The molecule has 2 aromatic rings. The van der Waals surface area contributed by atoms with E-state index in [9.17, 15) is 12.8 Å². The van der Waals surface area contributed by atoms with Crippen LogP contribution in [0.1, 0.15) is 18.5 Å². The van der Waals surface area contributed by atoms with Crippen LogP contribution in [0.4, 0.5) is 10.1 Å². The molecule has 0 aliphatic carbocycles. The number of benzene rings is 1. The second-order valence-electron chi connectivity index (χ2n) is 4.43. The number of nitrogen functional groups attached to an aromatic ring is 1. The van der Waals surface area contributed by atoms with E-state index in [0.29, 0.717) is 4.47 Å². The number of pyridine rings is 1. The van der Waals surface area contributed by atoms with Crippen molar-refractivity contribution < 1.29 is 12.8 Å². The van der Waals surface area contributed by atoms with Crippen molar-refractivity contribution in [3.63, 3.8) is 0 Å². The SMILES string of the molecule is CC(NS(=O)(=O)c1cc(N)c(Br)cc1F)c1ccncc1. The molecule has 0 aliphatic rings. The number of nitrogens with one attached hydrogen (secondary N) is 1. The van der Waals surface area contributed by atoms with Gasteiger partial charge in [0.25, 0.3) is 0 Å². The van der Waals surface area contributed by atoms with Crippen molar-refractivity contribution >= 4 is 31.6 Å². The van der Waals surface area contributed by atoms with Crippen LogP contribution < -0.4 is 10.5 Å². The Labute approximate surface area is 130 Å². The highest BCUT2D eigenvalue weighted by Gasteiger charge is 2.23. The van der Waals surface area contributed by atoms with Gasteiger partial charge in [-0.1, -0.05) is 0 Å². The van der Waals surface area contributed by atoms with E-state index in [0.717, 1.165) is 17.7 Å². The summed E-state index contributed by atoms with van der Waals surface area (Å²) in [5.41, 5.74) is 6.48. The lowest BCUT2D eigenvalue weighted by Crippen LogP contribution is -2.27. The third-order valence-electron chi connectivity index (χ3n) is 2.88. The molecule has 112 valence electrons. The molecule has 0 amide bonds. The summed E-state index contributed by atoms with van der Waals surface area (Å²) in [7, 11) is -4.02. The van der Waals surface area contributed by atoms with Gasteiger partial charge in [0.05, 0.1) is 0 Å². The predicted molar refractivity (Wildman–Crippen MR) is 81.5 cm³/mol. The molecule has 1 heterocycles. The monoisotopic (exact) mass is 373 g/mol. The fraction of sp³-hybridized carbons (Fsp3) is 0.154. The smallest absolute Gasteiger partial charge is 0.244 e. The Bertz CT molecular complexity index is 754. The van der Waals surface area contributed by atoms with Crippen molar-refractivity contribution in [2.45, 2.75) is 17.9 Å². The van der Waals surface area contributed by atoms with Crippen LogP contribution in [0.15, 0.2) is 46.0 Å². The van der Waals surface area contributed by atoms with Gasteiger partial charge in [-0.2, -0.15) is 0 Å². The molecule has 0 spiro atoms. The lowest BCUT2D eigenvalue weighted by molar-refractivity contribution is 0.546. The number of hydrogen-bond donors (Lipinski definition) is 2. The Morgan fingerprint density at radius 2 is 1.95 bits per heavy atom. The molecular formula is C13H13BrFN3O2S. The zero-order valence-electron chi connectivity index (χ0n) is 11.0. The van der Waals surface area contributed by atoms with Gasteiger partial charge in [-0.3, -0.25) is 4.98 Å². The van der Waals surface area contributed by atoms with Gasteiger partial charge in [0.1, 0.15) is 10.7 Å². The van der Waals surface area contributed by atoms with E-state index < -0.39 is 26.8 Å². The first kappa shape index (κ1) is 15.9. The number of rotatable bonds is 4. The van der Waals surface area contributed by atoms with Gasteiger partial charge in [0.15, 0.2) is 0 Å². The van der Waals surface area contributed by atoms with Gasteiger partial charge in [-0.25, -0.2) is 17.5 Å². The highest BCUT2D eigenvalue weighted by Crippen LogP contribution is 2.27. The minimum Gasteiger partial charge on any atom is -0.398 e. The minimum atomic E-state index is -4.02. The third-order valence-corrected chi connectivity index (χ3v) is 5.12. The van der Waals surface area contributed by atoms with Crippen LogP contribution in [0.2, 0.25) is 0 Å². The minimum absolute atomic E-state index is 0.147. The zero-order valence-corrected chi connectivity index (χ0v) is 13.4. The summed E-state index contributed by atoms with van der Waals surface area (Å²) < 4.78 is 41.1. The molecule has 0 aliphatic heterocycles. The molecule has 0 saturated heterocycles. The highest BCUT2D eigenvalue weighted by molar-refractivity contribution is 9.10. The lowest BCUT2D eigenvalue weighted by Gasteiger charge is -2.15. The number of halogens is 2. The van der Waals surface area contributed by atoms with Crippen molar-refractivity contribution in [1.82, 2.24) is 9.71 Å². The molecule has 1 unspecified atom stereocenters.